The second-order valence-corrected chi connectivity index (χ2v) is 6.12. The Morgan fingerprint density at radius 1 is 1.25 bits per heavy atom. The van der Waals surface area contributed by atoms with E-state index in [0.29, 0.717) is 23.7 Å². The van der Waals surface area contributed by atoms with E-state index in [2.05, 4.69) is 0 Å². The number of thioether (sulfide) groups is 1. The van der Waals surface area contributed by atoms with Gasteiger partial charge in [-0.3, -0.25) is 4.79 Å². The Morgan fingerprint density at radius 3 is 2.62 bits per heavy atom. The largest absolute Gasteiger partial charge is 0.281 e. The van der Waals surface area contributed by atoms with Gasteiger partial charge in [0.2, 0.25) is 15.1 Å². The number of hydrogen-bond acceptors (Lipinski definition) is 4. The molecule has 16 heavy (non-hydrogen) atoms. The van der Waals surface area contributed by atoms with Gasteiger partial charge in [0, 0.05) is 5.56 Å². The molecule has 1 aromatic carbocycles. The van der Waals surface area contributed by atoms with E-state index in [1.165, 1.54) is 6.08 Å². The quantitative estimate of drug-likeness (QED) is 0.819. The van der Waals surface area contributed by atoms with Gasteiger partial charge in [0.1, 0.15) is 4.24 Å². The molecule has 1 aliphatic heterocycles. The number of benzene rings is 1. The molecule has 0 saturated carbocycles. The molecule has 0 spiro atoms. The van der Waals surface area contributed by atoms with Crippen LogP contribution in [0.1, 0.15) is 15.9 Å². The number of carbonyl (C=O) groups is 1. The predicted octanol–water partition coefficient (Wildman–Crippen LogP) is 1.25. The maximum Gasteiger partial charge on any atom is 0.244 e. The fourth-order valence-electron chi connectivity index (χ4n) is 1.45. The third-order valence-corrected chi connectivity index (χ3v) is 4.65. The molecule has 0 unspecified atom stereocenters. The SMILES string of the molecule is NS(=O)(=O)C1=CCc2ccccc2C(=O)S1. The number of hydrogen-bond donors (Lipinski definition) is 1. The van der Waals surface area contributed by atoms with E-state index in [9.17, 15) is 13.2 Å². The van der Waals surface area contributed by atoms with Crippen molar-refractivity contribution in [2.45, 2.75) is 6.42 Å². The molecule has 0 aromatic heterocycles. The van der Waals surface area contributed by atoms with Crippen LogP contribution in [0.5, 0.6) is 0 Å². The Labute approximate surface area is 97.6 Å². The smallest absolute Gasteiger partial charge is 0.244 e. The first-order valence-corrected chi connectivity index (χ1v) is 6.88. The van der Waals surface area contributed by atoms with Crippen LogP contribution in [0.3, 0.4) is 0 Å². The molecule has 0 atom stereocenters. The second-order valence-electron chi connectivity index (χ2n) is 3.32. The Hall–Kier alpha value is -1.11. The molecule has 0 amide bonds. The molecule has 1 heterocycles. The Bertz CT molecular complexity index is 575. The van der Waals surface area contributed by atoms with Gasteiger partial charge in [-0.2, -0.15) is 0 Å². The lowest BCUT2D eigenvalue weighted by Crippen LogP contribution is -2.13. The van der Waals surface area contributed by atoms with Gasteiger partial charge in [0.25, 0.3) is 0 Å². The van der Waals surface area contributed by atoms with Crippen molar-refractivity contribution in [1.29, 1.82) is 0 Å². The highest BCUT2D eigenvalue weighted by Gasteiger charge is 2.22. The van der Waals surface area contributed by atoms with E-state index in [1.807, 2.05) is 6.07 Å². The molecule has 4 nitrogen and oxygen atoms in total. The van der Waals surface area contributed by atoms with E-state index in [1.54, 1.807) is 18.2 Å². The monoisotopic (exact) mass is 255 g/mol. The van der Waals surface area contributed by atoms with Crippen molar-refractivity contribution in [1.82, 2.24) is 0 Å². The minimum atomic E-state index is -3.80. The maximum atomic E-state index is 11.8. The van der Waals surface area contributed by atoms with E-state index in [0.717, 1.165) is 5.56 Å². The minimum Gasteiger partial charge on any atom is -0.281 e. The Kier molecular flexibility index (Phi) is 2.88. The van der Waals surface area contributed by atoms with Crippen molar-refractivity contribution in [2.24, 2.45) is 5.14 Å². The Morgan fingerprint density at radius 2 is 1.94 bits per heavy atom. The summed E-state index contributed by atoms with van der Waals surface area (Å²) in [5.74, 6) is 0. The molecule has 0 radical (unpaired) electrons. The molecule has 84 valence electrons. The number of fused-ring (bicyclic) bond motifs is 1. The average molecular weight is 255 g/mol. The molecule has 2 N–H and O–H groups in total. The van der Waals surface area contributed by atoms with Gasteiger partial charge in [-0.25, -0.2) is 13.6 Å². The fourth-order valence-corrected chi connectivity index (χ4v) is 3.12. The summed E-state index contributed by atoms with van der Waals surface area (Å²) in [5.41, 5.74) is 1.36. The van der Waals surface area contributed by atoms with Crippen LogP contribution >= 0.6 is 11.8 Å². The first-order chi connectivity index (χ1) is 7.48. The zero-order valence-corrected chi connectivity index (χ0v) is 9.85. The maximum absolute atomic E-state index is 11.8. The number of nitrogens with two attached hydrogens (primary N) is 1. The summed E-state index contributed by atoms with van der Waals surface area (Å²) in [6.07, 6.45) is 1.88. The zero-order chi connectivity index (χ0) is 11.8. The average Bonchev–Trinajstić information content (AvgIpc) is 2.38. The van der Waals surface area contributed by atoms with Crippen molar-refractivity contribution in [3.63, 3.8) is 0 Å². The van der Waals surface area contributed by atoms with E-state index < -0.39 is 10.0 Å². The van der Waals surface area contributed by atoms with E-state index in [-0.39, 0.29) is 9.35 Å². The standard InChI is InChI=1S/C10H9NO3S2/c11-16(13,14)9-6-5-7-3-1-2-4-8(7)10(12)15-9/h1-4,6H,5H2,(H2,11,13,14). The van der Waals surface area contributed by atoms with Crippen LogP contribution in [0.2, 0.25) is 0 Å². The van der Waals surface area contributed by atoms with Crippen LogP contribution in [0.15, 0.2) is 34.6 Å². The summed E-state index contributed by atoms with van der Waals surface area (Å²) < 4.78 is 22.3. The number of carbonyl (C=O) groups excluding carboxylic acids is 1. The summed E-state index contributed by atoms with van der Waals surface area (Å²) in [4.78, 5) is 11.8. The zero-order valence-electron chi connectivity index (χ0n) is 8.21. The first kappa shape index (κ1) is 11.4. The van der Waals surface area contributed by atoms with Crippen molar-refractivity contribution in [3.05, 3.63) is 45.7 Å². The molecule has 1 aliphatic rings. The summed E-state index contributed by atoms with van der Waals surface area (Å²) in [5, 5.41) is 4.72. The molecule has 0 fully saturated rings. The lowest BCUT2D eigenvalue weighted by Gasteiger charge is -2.01. The summed E-state index contributed by atoms with van der Waals surface area (Å²) >= 11 is 0.666. The number of sulfonamides is 1. The van der Waals surface area contributed by atoms with Crippen molar-refractivity contribution < 1.29 is 13.2 Å². The van der Waals surface area contributed by atoms with Gasteiger partial charge in [0.15, 0.2) is 0 Å². The van der Waals surface area contributed by atoms with Crippen LogP contribution in [-0.4, -0.2) is 13.5 Å². The van der Waals surface area contributed by atoms with Crippen LogP contribution < -0.4 is 5.14 Å². The lowest BCUT2D eigenvalue weighted by atomic mass is 10.1. The van der Waals surface area contributed by atoms with E-state index >= 15 is 0 Å². The molecule has 1 aromatic rings. The topological polar surface area (TPSA) is 77.2 Å². The molecule has 0 aliphatic carbocycles. The van der Waals surface area contributed by atoms with Crippen molar-refractivity contribution in [3.8, 4) is 0 Å². The highest BCUT2D eigenvalue weighted by atomic mass is 32.3. The van der Waals surface area contributed by atoms with Crippen LogP contribution in [-0.2, 0) is 16.4 Å². The highest BCUT2D eigenvalue weighted by Crippen LogP contribution is 2.30. The summed E-state index contributed by atoms with van der Waals surface area (Å²) in [6.45, 7) is 0. The van der Waals surface area contributed by atoms with Gasteiger partial charge in [-0.05, 0) is 23.7 Å². The first-order valence-electron chi connectivity index (χ1n) is 4.51. The van der Waals surface area contributed by atoms with Crippen molar-refractivity contribution in [2.75, 3.05) is 0 Å². The number of primary sulfonamides is 1. The molecule has 0 bridgehead atoms. The minimum absolute atomic E-state index is 0.0753. The molecule has 0 saturated heterocycles. The van der Waals surface area contributed by atoms with Crippen LogP contribution in [0.4, 0.5) is 0 Å². The van der Waals surface area contributed by atoms with Crippen molar-refractivity contribution >= 4 is 26.9 Å². The lowest BCUT2D eigenvalue weighted by molar-refractivity contribution is 0.108. The van der Waals surface area contributed by atoms with Gasteiger partial charge in [-0.1, -0.05) is 30.3 Å². The normalized spacial score (nSPS) is 16.3. The third kappa shape index (κ3) is 2.18. The highest BCUT2D eigenvalue weighted by molar-refractivity contribution is 8.27. The predicted molar refractivity (Wildman–Crippen MR) is 63.3 cm³/mol. The van der Waals surface area contributed by atoms with Gasteiger partial charge >= 0.3 is 0 Å². The molecular weight excluding hydrogens is 246 g/mol. The fraction of sp³-hybridized carbons (Fsp3) is 0.100. The summed E-state index contributed by atoms with van der Waals surface area (Å²) in [7, 11) is -3.80. The number of allylic oxidation sites excluding steroid dienone is 1. The number of rotatable bonds is 1. The van der Waals surface area contributed by atoms with Gasteiger partial charge in [0.05, 0.1) is 0 Å². The van der Waals surface area contributed by atoms with Crippen LogP contribution in [0, 0.1) is 0 Å². The second kappa shape index (κ2) is 4.04. The third-order valence-electron chi connectivity index (χ3n) is 2.20. The van der Waals surface area contributed by atoms with Crippen LogP contribution in [0.25, 0.3) is 0 Å². The van der Waals surface area contributed by atoms with Gasteiger partial charge < -0.3 is 0 Å². The van der Waals surface area contributed by atoms with E-state index in [4.69, 9.17) is 5.14 Å². The molecule has 2 rings (SSSR count). The molecular formula is C10H9NO3S2. The van der Waals surface area contributed by atoms with Gasteiger partial charge in [-0.15, -0.1) is 0 Å². The Balaban J connectivity index is 2.48. The molecule has 6 heteroatoms. The summed E-state index contributed by atoms with van der Waals surface area (Å²) in [6, 6.07) is 7.05.